The van der Waals surface area contributed by atoms with Crippen LogP contribution in [0.3, 0.4) is 0 Å². The van der Waals surface area contributed by atoms with E-state index >= 15 is 0 Å². The Morgan fingerprint density at radius 1 is 1.16 bits per heavy atom. The number of rotatable bonds is 7. The molecule has 0 heterocycles. The first-order valence-corrected chi connectivity index (χ1v) is 9.26. The van der Waals surface area contributed by atoms with E-state index in [0.29, 0.717) is 11.4 Å². The van der Waals surface area contributed by atoms with Gasteiger partial charge < -0.3 is 10.1 Å². The van der Waals surface area contributed by atoms with Crippen LogP contribution in [-0.4, -0.2) is 38.8 Å². The minimum absolute atomic E-state index is 0.166. The molecule has 2 aromatic carbocycles. The summed E-state index contributed by atoms with van der Waals surface area (Å²) in [6.45, 7) is 3.84. The average molecular weight is 362 g/mol. The highest BCUT2D eigenvalue weighted by Gasteiger charge is 2.20. The van der Waals surface area contributed by atoms with Crippen molar-refractivity contribution in [3.05, 3.63) is 54.1 Å². The van der Waals surface area contributed by atoms with Crippen LogP contribution in [0.25, 0.3) is 0 Å². The van der Waals surface area contributed by atoms with Gasteiger partial charge in [0.2, 0.25) is 15.9 Å². The first-order valence-electron chi connectivity index (χ1n) is 7.82. The van der Waals surface area contributed by atoms with Gasteiger partial charge in [-0.05, 0) is 48.9 Å². The summed E-state index contributed by atoms with van der Waals surface area (Å²) in [6.07, 6.45) is 0. The van der Waals surface area contributed by atoms with Crippen LogP contribution in [0.4, 0.5) is 5.69 Å². The van der Waals surface area contributed by atoms with Crippen molar-refractivity contribution in [1.29, 1.82) is 0 Å². The van der Waals surface area contributed by atoms with Gasteiger partial charge in [-0.1, -0.05) is 12.1 Å². The smallest absolute Gasteiger partial charge is 0.242 e. The lowest BCUT2D eigenvalue weighted by Crippen LogP contribution is -2.31. The van der Waals surface area contributed by atoms with Crippen LogP contribution in [0.1, 0.15) is 12.5 Å². The monoisotopic (exact) mass is 362 g/mol. The number of nitrogens with zero attached hydrogens (tertiary/aromatic N) is 1. The predicted molar refractivity (Wildman–Crippen MR) is 97.2 cm³/mol. The molecule has 2 rings (SSSR count). The van der Waals surface area contributed by atoms with Crippen molar-refractivity contribution in [2.75, 3.05) is 25.5 Å². The maximum atomic E-state index is 12.5. The summed E-state index contributed by atoms with van der Waals surface area (Å²) in [5, 5.41) is 2.60. The van der Waals surface area contributed by atoms with Gasteiger partial charge >= 0.3 is 0 Å². The molecule has 1 amide bonds. The molecule has 7 heteroatoms. The number of aryl methyl sites for hydroxylation is 1. The lowest BCUT2D eigenvalue weighted by molar-refractivity contribution is -0.114. The molecule has 0 aromatic heterocycles. The van der Waals surface area contributed by atoms with Gasteiger partial charge in [-0.15, -0.1) is 0 Å². The number of ether oxygens (including phenoxy) is 1. The third-order valence-electron chi connectivity index (χ3n) is 3.55. The van der Waals surface area contributed by atoms with Crippen LogP contribution in [0, 0.1) is 6.92 Å². The van der Waals surface area contributed by atoms with E-state index in [1.807, 2.05) is 31.2 Å². The number of benzene rings is 2. The molecule has 0 atom stereocenters. The highest BCUT2D eigenvalue weighted by atomic mass is 32.2. The van der Waals surface area contributed by atoms with Crippen LogP contribution in [0.5, 0.6) is 5.75 Å². The molecule has 0 radical (unpaired) electrons. The van der Waals surface area contributed by atoms with Crippen molar-refractivity contribution in [3.8, 4) is 5.75 Å². The van der Waals surface area contributed by atoms with Crippen molar-refractivity contribution < 1.29 is 17.9 Å². The van der Waals surface area contributed by atoms with Crippen LogP contribution in [0.2, 0.25) is 0 Å². The second-order valence-corrected chi connectivity index (χ2v) is 7.74. The molecule has 0 aliphatic heterocycles. The average Bonchev–Trinajstić information content (AvgIpc) is 2.54. The maximum absolute atomic E-state index is 12.5. The Hall–Kier alpha value is -2.38. The van der Waals surface area contributed by atoms with E-state index < -0.39 is 10.0 Å². The summed E-state index contributed by atoms with van der Waals surface area (Å²) < 4.78 is 31.9. The van der Waals surface area contributed by atoms with Gasteiger partial charge in [-0.2, -0.15) is 4.31 Å². The lowest BCUT2D eigenvalue weighted by atomic mass is 10.2. The Balaban J connectivity index is 1.97. The Morgan fingerprint density at radius 3 is 2.44 bits per heavy atom. The number of nitrogens with one attached hydrogen (secondary N) is 1. The molecule has 0 spiro atoms. The fourth-order valence-electron chi connectivity index (χ4n) is 2.21. The minimum atomic E-state index is -3.61. The molecule has 6 nitrogen and oxygen atoms in total. The zero-order valence-electron chi connectivity index (χ0n) is 14.5. The van der Waals surface area contributed by atoms with Crippen LogP contribution in [0.15, 0.2) is 53.4 Å². The fourth-order valence-corrected chi connectivity index (χ4v) is 3.37. The standard InChI is InChI=1S/C18H22N2O4S/c1-14-5-4-6-17(13-14)24-12-11-20(3)25(22,23)18-9-7-16(8-10-18)19-15(2)21/h4-10,13H,11-12H2,1-3H3,(H,19,21). The van der Waals surface area contributed by atoms with Crippen molar-refractivity contribution in [3.63, 3.8) is 0 Å². The highest BCUT2D eigenvalue weighted by molar-refractivity contribution is 7.89. The van der Waals surface area contributed by atoms with E-state index in [0.717, 1.165) is 5.56 Å². The summed E-state index contributed by atoms with van der Waals surface area (Å²) in [7, 11) is -2.10. The Kier molecular flexibility index (Phi) is 6.17. The van der Waals surface area contributed by atoms with E-state index in [1.54, 1.807) is 12.1 Å². The predicted octanol–water partition coefficient (Wildman–Crippen LogP) is 2.65. The summed E-state index contributed by atoms with van der Waals surface area (Å²) in [5.41, 5.74) is 1.63. The second kappa shape index (κ2) is 8.13. The largest absolute Gasteiger partial charge is 0.492 e. The van der Waals surface area contributed by atoms with Crippen LogP contribution >= 0.6 is 0 Å². The number of likely N-dealkylation sites (N-methyl/N-ethyl adjacent to an activating group) is 1. The molecule has 0 aliphatic rings. The molecule has 0 saturated carbocycles. The number of sulfonamides is 1. The molecule has 1 N–H and O–H groups in total. The maximum Gasteiger partial charge on any atom is 0.242 e. The topological polar surface area (TPSA) is 75.7 Å². The van der Waals surface area contributed by atoms with Crippen molar-refractivity contribution in [1.82, 2.24) is 4.31 Å². The van der Waals surface area contributed by atoms with E-state index in [-0.39, 0.29) is 24.0 Å². The summed E-state index contributed by atoms with van der Waals surface area (Å²) in [4.78, 5) is 11.2. The van der Waals surface area contributed by atoms with Gasteiger partial charge in [0.15, 0.2) is 0 Å². The number of hydrogen-bond acceptors (Lipinski definition) is 4. The van der Waals surface area contributed by atoms with Gasteiger partial charge in [0.1, 0.15) is 12.4 Å². The molecule has 134 valence electrons. The molecule has 0 saturated heterocycles. The van der Waals surface area contributed by atoms with Gasteiger partial charge in [0, 0.05) is 26.2 Å². The van der Waals surface area contributed by atoms with Gasteiger partial charge in [0.05, 0.1) is 4.90 Å². The number of amides is 1. The summed E-state index contributed by atoms with van der Waals surface area (Å²) >= 11 is 0. The molecule has 0 fully saturated rings. The number of carbonyl (C=O) groups is 1. The highest BCUT2D eigenvalue weighted by Crippen LogP contribution is 2.18. The van der Waals surface area contributed by atoms with Gasteiger partial charge in [-0.25, -0.2) is 8.42 Å². The molecular formula is C18H22N2O4S. The molecule has 0 unspecified atom stereocenters. The van der Waals surface area contributed by atoms with E-state index in [4.69, 9.17) is 4.74 Å². The second-order valence-electron chi connectivity index (χ2n) is 5.70. The number of hydrogen-bond donors (Lipinski definition) is 1. The first kappa shape index (κ1) is 19.0. The fraction of sp³-hybridized carbons (Fsp3) is 0.278. The lowest BCUT2D eigenvalue weighted by Gasteiger charge is -2.18. The van der Waals surface area contributed by atoms with Crippen LogP contribution < -0.4 is 10.1 Å². The first-order chi connectivity index (χ1) is 11.8. The van der Waals surface area contributed by atoms with Gasteiger partial charge in [-0.3, -0.25) is 4.79 Å². The Labute approximate surface area is 148 Å². The summed E-state index contributed by atoms with van der Waals surface area (Å²) in [6, 6.07) is 13.7. The number of anilines is 1. The molecule has 25 heavy (non-hydrogen) atoms. The van der Waals surface area contributed by atoms with E-state index in [9.17, 15) is 13.2 Å². The molecule has 0 bridgehead atoms. The quantitative estimate of drug-likeness (QED) is 0.822. The van der Waals surface area contributed by atoms with E-state index in [2.05, 4.69) is 5.32 Å². The van der Waals surface area contributed by atoms with Crippen molar-refractivity contribution in [2.45, 2.75) is 18.7 Å². The third kappa shape index (κ3) is 5.30. The van der Waals surface area contributed by atoms with E-state index in [1.165, 1.54) is 30.4 Å². The van der Waals surface area contributed by atoms with Gasteiger partial charge in [0.25, 0.3) is 0 Å². The summed E-state index contributed by atoms with van der Waals surface area (Å²) in [5.74, 6) is 0.506. The minimum Gasteiger partial charge on any atom is -0.492 e. The zero-order valence-corrected chi connectivity index (χ0v) is 15.3. The molecular weight excluding hydrogens is 340 g/mol. The normalized spacial score (nSPS) is 11.4. The molecule has 0 aliphatic carbocycles. The Bertz CT molecular complexity index is 832. The SMILES string of the molecule is CC(=O)Nc1ccc(S(=O)(=O)N(C)CCOc2cccc(C)c2)cc1. The van der Waals surface area contributed by atoms with Crippen molar-refractivity contribution in [2.24, 2.45) is 0 Å². The van der Waals surface area contributed by atoms with Crippen molar-refractivity contribution >= 4 is 21.6 Å². The van der Waals surface area contributed by atoms with Crippen LogP contribution in [-0.2, 0) is 14.8 Å². The third-order valence-corrected chi connectivity index (χ3v) is 5.42. The molecule has 2 aromatic rings. The number of carbonyl (C=O) groups excluding carboxylic acids is 1. The zero-order chi connectivity index (χ0) is 18.4. The Morgan fingerprint density at radius 2 is 1.84 bits per heavy atom.